The number of primary amides is 1. The summed E-state index contributed by atoms with van der Waals surface area (Å²) in [5.74, 6) is -0.973. The molecule has 0 radical (unpaired) electrons. The van der Waals surface area contributed by atoms with Gasteiger partial charge in [0.2, 0.25) is 15.9 Å². The van der Waals surface area contributed by atoms with Crippen LogP contribution in [0.4, 0.5) is 5.69 Å². The van der Waals surface area contributed by atoms with Gasteiger partial charge < -0.3 is 10.6 Å². The third-order valence-electron chi connectivity index (χ3n) is 4.76. The molecule has 0 unspecified atom stereocenters. The van der Waals surface area contributed by atoms with Gasteiger partial charge in [0.15, 0.2) is 0 Å². The van der Waals surface area contributed by atoms with Gasteiger partial charge >= 0.3 is 0 Å². The van der Waals surface area contributed by atoms with Crippen LogP contribution in [0.3, 0.4) is 0 Å². The maximum absolute atomic E-state index is 13.2. The normalized spacial score (nSPS) is 14.7. The molecule has 0 bridgehead atoms. The van der Waals surface area contributed by atoms with Gasteiger partial charge in [0.05, 0.1) is 5.02 Å². The van der Waals surface area contributed by atoms with E-state index in [1.165, 1.54) is 27.4 Å². The highest BCUT2D eigenvalue weighted by atomic mass is 35.5. The van der Waals surface area contributed by atoms with E-state index in [0.29, 0.717) is 18.8 Å². The molecule has 29 heavy (non-hydrogen) atoms. The Balaban J connectivity index is 1.97. The van der Waals surface area contributed by atoms with Crippen molar-refractivity contribution in [3.05, 3.63) is 59.1 Å². The van der Waals surface area contributed by atoms with Crippen molar-refractivity contribution < 1.29 is 18.0 Å². The van der Waals surface area contributed by atoms with Crippen molar-refractivity contribution in [1.82, 2.24) is 4.31 Å². The van der Waals surface area contributed by atoms with E-state index >= 15 is 0 Å². The Bertz CT molecular complexity index is 1010. The van der Waals surface area contributed by atoms with Crippen molar-refractivity contribution in [2.45, 2.75) is 24.2 Å². The molecule has 2 amide bonds. The van der Waals surface area contributed by atoms with Gasteiger partial charge in [0.25, 0.3) is 5.91 Å². The molecule has 154 valence electrons. The predicted molar refractivity (Wildman–Crippen MR) is 111 cm³/mol. The molecule has 1 fully saturated rings. The summed E-state index contributed by atoms with van der Waals surface area (Å²) in [6, 6.07) is 13.0. The number of rotatable bonds is 7. The average Bonchev–Trinajstić information content (AvgIpc) is 3.24. The summed E-state index contributed by atoms with van der Waals surface area (Å²) >= 11 is 6.17. The molecule has 0 aliphatic carbocycles. The highest BCUT2D eigenvalue weighted by Crippen LogP contribution is 2.29. The second kappa shape index (κ2) is 8.94. The molecule has 9 heteroatoms. The standard InChI is InChI=1S/C20H22ClN3O4S/c21-17-9-8-15(14-18(17)29(27,28)23-11-4-5-12-23)20(26)24(13-10-19(22)25)16-6-2-1-3-7-16/h1-3,6-9,14H,4-5,10-13H2,(H2,22,25). The number of hydrogen-bond donors (Lipinski definition) is 1. The van der Waals surface area contributed by atoms with Gasteiger partial charge in [-0.05, 0) is 43.2 Å². The Kier molecular flexibility index (Phi) is 6.56. The average molecular weight is 436 g/mol. The highest BCUT2D eigenvalue weighted by molar-refractivity contribution is 7.89. The number of nitrogens with two attached hydrogens (primary N) is 1. The topological polar surface area (TPSA) is 101 Å². The molecule has 1 aliphatic rings. The molecule has 0 spiro atoms. The van der Waals surface area contributed by atoms with E-state index in [1.807, 2.05) is 6.07 Å². The molecule has 1 heterocycles. The minimum Gasteiger partial charge on any atom is -0.370 e. The fourth-order valence-corrected chi connectivity index (χ4v) is 5.25. The van der Waals surface area contributed by atoms with Crippen molar-refractivity contribution in [2.75, 3.05) is 24.5 Å². The monoisotopic (exact) mass is 435 g/mol. The number of carbonyl (C=O) groups is 2. The Morgan fingerprint density at radius 1 is 1.07 bits per heavy atom. The van der Waals surface area contributed by atoms with Gasteiger partial charge in [-0.25, -0.2) is 8.42 Å². The van der Waals surface area contributed by atoms with Gasteiger partial charge in [-0.1, -0.05) is 29.8 Å². The molecule has 0 atom stereocenters. The Morgan fingerprint density at radius 3 is 2.34 bits per heavy atom. The molecule has 2 aromatic carbocycles. The number of hydrogen-bond acceptors (Lipinski definition) is 4. The first-order valence-electron chi connectivity index (χ1n) is 9.25. The van der Waals surface area contributed by atoms with E-state index in [9.17, 15) is 18.0 Å². The van der Waals surface area contributed by atoms with Gasteiger partial charge in [-0.2, -0.15) is 4.31 Å². The van der Waals surface area contributed by atoms with Crippen LogP contribution in [0.2, 0.25) is 5.02 Å². The van der Waals surface area contributed by atoms with Crippen LogP contribution >= 0.6 is 11.6 Å². The van der Waals surface area contributed by atoms with Crippen LogP contribution < -0.4 is 10.6 Å². The van der Waals surface area contributed by atoms with Crippen LogP contribution in [0.1, 0.15) is 29.6 Å². The lowest BCUT2D eigenvalue weighted by Crippen LogP contribution is -2.34. The van der Waals surface area contributed by atoms with Crippen molar-refractivity contribution >= 4 is 39.1 Å². The highest BCUT2D eigenvalue weighted by Gasteiger charge is 2.30. The first-order valence-corrected chi connectivity index (χ1v) is 11.1. The number of sulfonamides is 1. The molecule has 0 aromatic heterocycles. The zero-order chi connectivity index (χ0) is 21.0. The van der Waals surface area contributed by atoms with Crippen LogP contribution in [0.25, 0.3) is 0 Å². The summed E-state index contributed by atoms with van der Waals surface area (Å²) in [7, 11) is -3.78. The summed E-state index contributed by atoms with van der Waals surface area (Å²) in [6.45, 7) is 0.951. The van der Waals surface area contributed by atoms with Crippen molar-refractivity contribution in [2.24, 2.45) is 5.73 Å². The zero-order valence-corrected chi connectivity index (χ0v) is 17.3. The molecule has 3 rings (SSSR count). The molecular weight excluding hydrogens is 414 g/mol. The summed E-state index contributed by atoms with van der Waals surface area (Å²) < 4.78 is 27.3. The Hall–Kier alpha value is -2.42. The lowest BCUT2D eigenvalue weighted by molar-refractivity contribution is -0.117. The van der Waals surface area contributed by atoms with Crippen molar-refractivity contribution in [1.29, 1.82) is 0 Å². The molecule has 2 aromatic rings. The van der Waals surface area contributed by atoms with E-state index in [-0.39, 0.29) is 28.4 Å². The number of amides is 2. The summed E-state index contributed by atoms with van der Waals surface area (Å²) in [5.41, 5.74) is 6.00. The first-order chi connectivity index (χ1) is 13.8. The number of anilines is 1. The van der Waals surface area contributed by atoms with Crippen LogP contribution in [0.5, 0.6) is 0 Å². The first kappa shape index (κ1) is 21.3. The smallest absolute Gasteiger partial charge is 0.258 e. The Morgan fingerprint density at radius 2 is 1.72 bits per heavy atom. The van der Waals surface area contributed by atoms with Gasteiger partial charge in [0.1, 0.15) is 4.90 Å². The zero-order valence-electron chi connectivity index (χ0n) is 15.8. The van der Waals surface area contributed by atoms with Crippen molar-refractivity contribution in [3.8, 4) is 0 Å². The predicted octanol–water partition coefficient (Wildman–Crippen LogP) is 2.65. The van der Waals surface area contributed by atoms with Crippen LogP contribution in [0.15, 0.2) is 53.4 Å². The third kappa shape index (κ3) is 4.77. The van der Waals surface area contributed by atoms with Crippen LogP contribution in [-0.2, 0) is 14.8 Å². The van der Waals surface area contributed by atoms with E-state index in [0.717, 1.165) is 12.8 Å². The summed E-state index contributed by atoms with van der Waals surface area (Å²) in [5, 5.41) is 0.0665. The molecule has 0 saturated carbocycles. The molecule has 1 aliphatic heterocycles. The SMILES string of the molecule is NC(=O)CCN(C(=O)c1ccc(Cl)c(S(=O)(=O)N2CCCC2)c1)c1ccccc1. The van der Waals surface area contributed by atoms with Crippen LogP contribution in [-0.4, -0.2) is 44.2 Å². The van der Waals surface area contributed by atoms with E-state index in [2.05, 4.69) is 0 Å². The van der Waals surface area contributed by atoms with Gasteiger partial charge in [-0.3, -0.25) is 9.59 Å². The number of benzene rings is 2. The second-order valence-electron chi connectivity index (χ2n) is 6.77. The largest absolute Gasteiger partial charge is 0.370 e. The second-order valence-corrected chi connectivity index (χ2v) is 9.08. The lowest BCUT2D eigenvalue weighted by Gasteiger charge is -2.23. The number of nitrogens with zero attached hydrogens (tertiary/aromatic N) is 2. The lowest BCUT2D eigenvalue weighted by atomic mass is 10.1. The number of carbonyl (C=O) groups excluding carboxylic acids is 2. The maximum Gasteiger partial charge on any atom is 0.258 e. The van der Waals surface area contributed by atoms with E-state index < -0.39 is 21.8 Å². The summed E-state index contributed by atoms with van der Waals surface area (Å²) in [6.07, 6.45) is 1.57. The van der Waals surface area contributed by atoms with Crippen LogP contribution in [0, 0.1) is 0 Å². The summed E-state index contributed by atoms with van der Waals surface area (Å²) in [4.78, 5) is 25.8. The number of para-hydroxylation sites is 1. The van der Waals surface area contributed by atoms with Gasteiger partial charge in [-0.15, -0.1) is 0 Å². The number of halogens is 1. The van der Waals surface area contributed by atoms with E-state index in [4.69, 9.17) is 17.3 Å². The quantitative estimate of drug-likeness (QED) is 0.722. The minimum absolute atomic E-state index is 0.0207. The molecule has 1 saturated heterocycles. The molecular formula is C20H22ClN3O4S. The third-order valence-corrected chi connectivity index (χ3v) is 7.14. The van der Waals surface area contributed by atoms with Gasteiger partial charge in [0, 0.05) is 37.3 Å². The fraction of sp³-hybridized carbons (Fsp3) is 0.300. The molecule has 7 nitrogen and oxygen atoms in total. The maximum atomic E-state index is 13.2. The molecule has 2 N–H and O–H groups in total. The minimum atomic E-state index is -3.78. The van der Waals surface area contributed by atoms with E-state index in [1.54, 1.807) is 24.3 Å². The Labute approximate surface area is 175 Å². The fourth-order valence-electron chi connectivity index (χ4n) is 3.24. The van der Waals surface area contributed by atoms with Crippen molar-refractivity contribution in [3.63, 3.8) is 0 Å².